The van der Waals surface area contributed by atoms with Crippen LogP contribution in [0.25, 0.3) is 11.5 Å². The number of pyridine rings is 1. The van der Waals surface area contributed by atoms with Crippen LogP contribution in [0.2, 0.25) is 0 Å². The van der Waals surface area contributed by atoms with Crippen molar-refractivity contribution >= 4 is 17.6 Å². The molecule has 182 valence electrons. The molecule has 2 atom stereocenters. The predicted octanol–water partition coefficient (Wildman–Crippen LogP) is 2.33. The molecule has 0 amide bonds. The number of likely N-dealkylation sites (N-methyl/N-ethyl adjacent to an activating group) is 1. The molecule has 1 aliphatic heterocycles. The zero-order chi connectivity index (χ0) is 24.1. The molecule has 2 aromatic heterocycles. The number of methoxy groups -OCH3 is 1. The molecule has 3 heterocycles. The second kappa shape index (κ2) is 11.0. The van der Waals surface area contributed by atoms with E-state index in [0.717, 1.165) is 57.3 Å². The van der Waals surface area contributed by atoms with Crippen molar-refractivity contribution in [1.82, 2.24) is 25.2 Å². The van der Waals surface area contributed by atoms with Gasteiger partial charge in [0.05, 0.1) is 12.7 Å². The quantitative estimate of drug-likeness (QED) is 0.344. The fraction of sp³-hybridized carbons (Fsp3) is 0.560. The number of carbonyl (C=O) groups excluding carboxylic acids is 2. The molecule has 9 nitrogen and oxygen atoms in total. The van der Waals surface area contributed by atoms with Gasteiger partial charge in [-0.05, 0) is 44.9 Å². The van der Waals surface area contributed by atoms with E-state index in [-0.39, 0.29) is 11.8 Å². The smallest absolute Gasteiger partial charge is 0.316 e. The Kier molecular flexibility index (Phi) is 7.84. The standard InChI is InChI=1S/C25H34N6O3/c1-16(25(33)34-3)22(32)20-15-28-24(30-23(20)29-18-6-4-5-7-18)21-9-8-17(13-27-21)12-19-14-26-10-11-31(19)2/h8-9,13,15-16,18-19,26H,4-7,10-12,14H2,1-3H3,(H,28,29,30). The minimum atomic E-state index is -0.923. The number of anilines is 1. The first-order valence-corrected chi connectivity index (χ1v) is 12.1. The molecule has 1 aliphatic carbocycles. The van der Waals surface area contributed by atoms with Crippen LogP contribution < -0.4 is 10.6 Å². The topological polar surface area (TPSA) is 109 Å². The van der Waals surface area contributed by atoms with Crippen LogP contribution >= 0.6 is 0 Å². The van der Waals surface area contributed by atoms with Gasteiger partial charge in [0, 0.05) is 44.1 Å². The van der Waals surface area contributed by atoms with Crippen LogP contribution in [0.4, 0.5) is 5.82 Å². The summed E-state index contributed by atoms with van der Waals surface area (Å²) in [7, 11) is 3.44. The van der Waals surface area contributed by atoms with E-state index in [4.69, 9.17) is 4.74 Å². The second-order valence-electron chi connectivity index (χ2n) is 9.29. The Labute approximate surface area is 200 Å². The number of esters is 1. The highest BCUT2D eigenvalue weighted by Gasteiger charge is 2.28. The van der Waals surface area contributed by atoms with E-state index in [9.17, 15) is 9.59 Å². The van der Waals surface area contributed by atoms with Crippen LogP contribution in [0.3, 0.4) is 0 Å². The lowest BCUT2D eigenvalue weighted by atomic mass is 10.0. The molecule has 2 fully saturated rings. The molecule has 2 unspecified atom stereocenters. The number of nitrogens with zero attached hydrogens (tertiary/aromatic N) is 4. The Morgan fingerprint density at radius 2 is 2.03 bits per heavy atom. The molecule has 0 radical (unpaired) electrons. The Balaban J connectivity index is 1.56. The number of ether oxygens (including phenoxy) is 1. The molecule has 9 heteroatoms. The number of rotatable bonds is 8. The summed E-state index contributed by atoms with van der Waals surface area (Å²) in [6.45, 7) is 4.58. The number of piperazine rings is 1. The minimum Gasteiger partial charge on any atom is -0.468 e. The van der Waals surface area contributed by atoms with E-state index < -0.39 is 11.9 Å². The van der Waals surface area contributed by atoms with Gasteiger partial charge < -0.3 is 20.3 Å². The highest BCUT2D eigenvalue weighted by Crippen LogP contribution is 2.26. The molecule has 0 aromatic carbocycles. The van der Waals surface area contributed by atoms with Gasteiger partial charge >= 0.3 is 5.97 Å². The number of hydrogen-bond donors (Lipinski definition) is 2. The third-order valence-electron chi connectivity index (χ3n) is 6.87. The fourth-order valence-corrected chi connectivity index (χ4v) is 4.62. The summed E-state index contributed by atoms with van der Waals surface area (Å²) in [5.74, 6) is -0.943. The highest BCUT2D eigenvalue weighted by molar-refractivity contribution is 6.10. The Hall–Kier alpha value is -2.91. The summed E-state index contributed by atoms with van der Waals surface area (Å²) in [5.41, 5.74) is 2.11. The molecule has 0 spiro atoms. The molecule has 2 aromatic rings. The number of nitrogens with one attached hydrogen (secondary N) is 2. The van der Waals surface area contributed by atoms with Gasteiger partial charge in [-0.15, -0.1) is 0 Å². The van der Waals surface area contributed by atoms with Gasteiger partial charge in [0.25, 0.3) is 0 Å². The van der Waals surface area contributed by atoms with Gasteiger partial charge in [-0.2, -0.15) is 0 Å². The lowest BCUT2D eigenvalue weighted by Gasteiger charge is -2.33. The molecule has 2 N–H and O–H groups in total. The van der Waals surface area contributed by atoms with Crippen LogP contribution in [0, 0.1) is 5.92 Å². The van der Waals surface area contributed by atoms with Crippen molar-refractivity contribution in [3.05, 3.63) is 35.7 Å². The number of Topliss-reactive ketones (excluding diaryl/α,β-unsaturated/α-hetero) is 1. The number of aromatic nitrogens is 3. The van der Waals surface area contributed by atoms with Crippen molar-refractivity contribution in [3.8, 4) is 11.5 Å². The third kappa shape index (κ3) is 5.59. The fourth-order valence-electron chi connectivity index (χ4n) is 4.62. The Bertz CT molecular complexity index is 1010. The molecule has 2 aliphatic rings. The molecule has 1 saturated heterocycles. The van der Waals surface area contributed by atoms with Gasteiger partial charge in [-0.3, -0.25) is 14.6 Å². The zero-order valence-electron chi connectivity index (χ0n) is 20.2. The Morgan fingerprint density at radius 3 is 2.71 bits per heavy atom. The van der Waals surface area contributed by atoms with Crippen molar-refractivity contribution in [1.29, 1.82) is 0 Å². The highest BCUT2D eigenvalue weighted by atomic mass is 16.5. The SMILES string of the molecule is COC(=O)C(C)C(=O)c1cnc(-c2ccc(CC3CNCCN3C)cn2)nc1NC1CCCC1. The zero-order valence-corrected chi connectivity index (χ0v) is 20.2. The van der Waals surface area contributed by atoms with E-state index in [1.807, 2.05) is 12.3 Å². The predicted molar refractivity (Wildman–Crippen MR) is 130 cm³/mol. The van der Waals surface area contributed by atoms with Gasteiger partial charge in [-0.1, -0.05) is 18.9 Å². The summed E-state index contributed by atoms with van der Waals surface area (Å²) in [6.07, 6.45) is 8.64. The summed E-state index contributed by atoms with van der Waals surface area (Å²) < 4.78 is 4.76. The van der Waals surface area contributed by atoms with Crippen molar-refractivity contribution in [2.45, 2.75) is 51.1 Å². The van der Waals surface area contributed by atoms with Gasteiger partial charge in [0.1, 0.15) is 17.4 Å². The monoisotopic (exact) mass is 466 g/mol. The lowest BCUT2D eigenvalue weighted by molar-refractivity contribution is -0.143. The first kappa shape index (κ1) is 24.2. The minimum absolute atomic E-state index is 0.249. The van der Waals surface area contributed by atoms with Gasteiger partial charge in [0.15, 0.2) is 11.6 Å². The van der Waals surface area contributed by atoms with Gasteiger partial charge in [-0.25, -0.2) is 9.97 Å². The maximum absolute atomic E-state index is 13.0. The third-order valence-corrected chi connectivity index (χ3v) is 6.87. The van der Waals surface area contributed by atoms with Crippen LogP contribution in [0.5, 0.6) is 0 Å². The van der Waals surface area contributed by atoms with Gasteiger partial charge in [0.2, 0.25) is 0 Å². The molecular formula is C25H34N6O3. The Morgan fingerprint density at radius 1 is 1.24 bits per heavy atom. The average molecular weight is 467 g/mol. The number of ketones is 1. The van der Waals surface area contributed by atoms with Crippen molar-refractivity contribution in [2.75, 3.05) is 39.1 Å². The summed E-state index contributed by atoms with van der Waals surface area (Å²) in [5, 5.41) is 6.86. The largest absolute Gasteiger partial charge is 0.468 e. The normalized spacial score (nSPS) is 20.1. The number of hydrogen-bond acceptors (Lipinski definition) is 9. The maximum Gasteiger partial charge on any atom is 0.316 e. The van der Waals surface area contributed by atoms with Crippen LogP contribution in [0.15, 0.2) is 24.5 Å². The van der Waals surface area contributed by atoms with Crippen LogP contribution in [0.1, 0.15) is 48.5 Å². The number of carbonyl (C=O) groups is 2. The molecular weight excluding hydrogens is 432 g/mol. The first-order chi connectivity index (χ1) is 16.5. The van der Waals surface area contributed by atoms with E-state index in [1.54, 1.807) is 6.92 Å². The van der Waals surface area contributed by atoms with E-state index in [2.05, 4.69) is 43.6 Å². The van der Waals surface area contributed by atoms with Crippen molar-refractivity contribution < 1.29 is 14.3 Å². The summed E-state index contributed by atoms with van der Waals surface area (Å²) >= 11 is 0. The van der Waals surface area contributed by atoms with E-state index >= 15 is 0 Å². The molecule has 0 bridgehead atoms. The average Bonchev–Trinajstić information content (AvgIpc) is 3.37. The molecule has 34 heavy (non-hydrogen) atoms. The maximum atomic E-state index is 13.0. The van der Waals surface area contributed by atoms with Crippen molar-refractivity contribution in [2.24, 2.45) is 5.92 Å². The van der Waals surface area contributed by atoms with E-state index in [1.165, 1.54) is 13.3 Å². The molecule has 4 rings (SSSR count). The first-order valence-electron chi connectivity index (χ1n) is 12.1. The molecule has 1 saturated carbocycles. The van der Waals surface area contributed by atoms with Crippen LogP contribution in [-0.2, 0) is 16.0 Å². The van der Waals surface area contributed by atoms with Crippen molar-refractivity contribution in [3.63, 3.8) is 0 Å². The van der Waals surface area contributed by atoms with Crippen LogP contribution in [-0.4, -0.2) is 77.5 Å². The van der Waals surface area contributed by atoms with E-state index in [0.29, 0.717) is 28.9 Å². The second-order valence-corrected chi connectivity index (χ2v) is 9.29. The summed E-state index contributed by atoms with van der Waals surface area (Å²) in [4.78, 5) is 41.0. The summed E-state index contributed by atoms with van der Waals surface area (Å²) in [6, 6.07) is 4.69. The lowest BCUT2D eigenvalue weighted by Crippen LogP contribution is -2.50.